The van der Waals surface area contributed by atoms with Gasteiger partial charge in [-0.1, -0.05) is 23.7 Å². The van der Waals surface area contributed by atoms with Gasteiger partial charge in [0.25, 0.3) is 5.91 Å². The van der Waals surface area contributed by atoms with Crippen LogP contribution in [0.2, 0.25) is 5.02 Å². The van der Waals surface area contributed by atoms with Gasteiger partial charge >= 0.3 is 0 Å². The van der Waals surface area contributed by atoms with Gasteiger partial charge in [0.2, 0.25) is 0 Å². The average molecular weight is 337 g/mol. The Labute approximate surface area is 137 Å². The van der Waals surface area contributed by atoms with Crippen LogP contribution in [-0.2, 0) is 10.8 Å². The fourth-order valence-corrected chi connectivity index (χ4v) is 2.72. The number of benzene rings is 1. The summed E-state index contributed by atoms with van der Waals surface area (Å²) in [7, 11) is -0.843. The highest BCUT2D eigenvalue weighted by molar-refractivity contribution is 7.84. The highest BCUT2D eigenvalue weighted by Gasteiger charge is 2.12. The SMILES string of the molecule is C[S@](=O)CCCNC(=O)c1cc(-c2ccccn2)ccc1Cl. The number of carbonyl (C=O) groups excluding carboxylic acids is 1. The van der Waals surface area contributed by atoms with Crippen molar-refractivity contribution in [2.24, 2.45) is 0 Å². The Morgan fingerprint density at radius 1 is 1.32 bits per heavy atom. The van der Waals surface area contributed by atoms with Gasteiger partial charge < -0.3 is 5.32 Å². The minimum absolute atomic E-state index is 0.232. The second-order valence-electron chi connectivity index (χ2n) is 4.80. The first-order chi connectivity index (χ1) is 10.6. The van der Waals surface area contributed by atoms with E-state index in [2.05, 4.69) is 10.3 Å². The normalized spacial score (nSPS) is 11.9. The van der Waals surface area contributed by atoms with E-state index in [9.17, 15) is 9.00 Å². The molecule has 0 bridgehead atoms. The molecule has 0 radical (unpaired) electrons. The van der Waals surface area contributed by atoms with E-state index in [1.165, 1.54) is 0 Å². The van der Waals surface area contributed by atoms with E-state index in [1.54, 1.807) is 24.6 Å². The number of nitrogens with one attached hydrogen (secondary N) is 1. The van der Waals surface area contributed by atoms with Crippen molar-refractivity contribution in [2.45, 2.75) is 6.42 Å². The lowest BCUT2D eigenvalue weighted by atomic mass is 10.1. The lowest BCUT2D eigenvalue weighted by Crippen LogP contribution is -2.25. The van der Waals surface area contributed by atoms with E-state index in [-0.39, 0.29) is 5.91 Å². The summed E-state index contributed by atoms with van der Waals surface area (Å²) in [4.78, 5) is 16.5. The Balaban J connectivity index is 2.10. The maximum absolute atomic E-state index is 12.2. The van der Waals surface area contributed by atoms with Crippen molar-refractivity contribution in [2.75, 3.05) is 18.6 Å². The summed E-state index contributed by atoms with van der Waals surface area (Å²) in [5, 5.41) is 3.19. The predicted octanol–water partition coefficient (Wildman–Crippen LogP) is 2.90. The molecule has 0 aliphatic carbocycles. The Morgan fingerprint density at radius 2 is 2.14 bits per heavy atom. The Bertz CT molecular complexity index is 677. The number of carbonyl (C=O) groups is 1. The van der Waals surface area contributed by atoms with Gasteiger partial charge in [-0.2, -0.15) is 0 Å². The number of halogens is 1. The number of hydrogen-bond donors (Lipinski definition) is 1. The van der Waals surface area contributed by atoms with E-state index in [0.717, 1.165) is 11.3 Å². The lowest BCUT2D eigenvalue weighted by Gasteiger charge is -2.08. The summed E-state index contributed by atoms with van der Waals surface area (Å²) in [6.45, 7) is 0.475. The van der Waals surface area contributed by atoms with E-state index >= 15 is 0 Å². The summed E-state index contributed by atoms with van der Waals surface area (Å²) in [6.07, 6.45) is 4.02. The van der Waals surface area contributed by atoms with E-state index in [4.69, 9.17) is 11.6 Å². The zero-order valence-corrected chi connectivity index (χ0v) is 13.8. The fraction of sp³-hybridized carbons (Fsp3) is 0.250. The number of hydrogen-bond acceptors (Lipinski definition) is 3. The van der Waals surface area contributed by atoms with E-state index in [1.807, 2.05) is 24.3 Å². The smallest absolute Gasteiger partial charge is 0.252 e. The van der Waals surface area contributed by atoms with Crippen LogP contribution in [0.3, 0.4) is 0 Å². The molecule has 0 aliphatic heterocycles. The second kappa shape index (κ2) is 8.06. The standard InChI is InChI=1S/C16H17ClN2O2S/c1-22(21)10-4-9-19-16(20)13-11-12(6-7-14(13)17)15-5-2-3-8-18-15/h2-3,5-8,11H,4,9-10H2,1H3,(H,19,20)/t22-/m0/s1. The fourth-order valence-electron chi connectivity index (χ4n) is 1.96. The van der Waals surface area contributed by atoms with Crippen LogP contribution in [0.1, 0.15) is 16.8 Å². The Hall–Kier alpha value is -1.72. The summed E-state index contributed by atoms with van der Waals surface area (Å²) in [6, 6.07) is 10.9. The molecule has 1 atom stereocenters. The molecule has 1 N–H and O–H groups in total. The molecule has 1 heterocycles. The third-order valence-corrected chi connectivity index (χ3v) is 4.26. The van der Waals surface area contributed by atoms with Crippen LogP contribution in [0.5, 0.6) is 0 Å². The van der Waals surface area contributed by atoms with Crippen molar-refractivity contribution >= 4 is 28.3 Å². The van der Waals surface area contributed by atoms with Gasteiger partial charge in [0.1, 0.15) is 0 Å². The highest BCUT2D eigenvalue weighted by atomic mass is 35.5. The van der Waals surface area contributed by atoms with Gasteiger partial charge in [-0.05, 0) is 30.7 Å². The minimum Gasteiger partial charge on any atom is -0.352 e. The summed E-state index contributed by atoms with van der Waals surface area (Å²) in [5.74, 6) is 0.340. The molecule has 0 saturated carbocycles. The van der Waals surface area contributed by atoms with Gasteiger partial charge in [-0.15, -0.1) is 0 Å². The number of nitrogens with zero attached hydrogens (tertiary/aromatic N) is 1. The van der Waals surface area contributed by atoms with Crippen LogP contribution >= 0.6 is 11.6 Å². The van der Waals surface area contributed by atoms with Gasteiger partial charge in [0.15, 0.2) is 0 Å². The minimum atomic E-state index is -0.843. The zero-order chi connectivity index (χ0) is 15.9. The van der Waals surface area contributed by atoms with Gasteiger partial charge in [-0.3, -0.25) is 14.0 Å². The van der Waals surface area contributed by atoms with E-state index < -0.39 is 10.8 Å². The number of amides is 1. The van der Waals surface area contributed by atoms with Crippen molar-refractivity contribution in [1.29, 1.82) is 0 Å². The van der Waals surface area contributed by atoms with Crippen molar-refractivity contribution < 1.29 is 9.00 Å². The second-order valence-corrected chi connectivity index (χ2v) is 6.76. The number of rotatable bonds is 6. The molecular weight excluding hydrogens is 320 g/mol. The first-order valence-electron chi connectivity index (χ1n) is 6.87. The first kappa shape index (κ1) is 16.6. The van der Waals surface area contributed by atoms with Crippen LogP contribution in [0.25, 0.3) is 11.3 Å². The van der Waals surface area contributed by atoms with Crippen LogP contribution in [0.15, 0.2) is 42.6 Å². The molecule has 0 fully saturated rings. The third kappa shape index (κ3) is 4.64. The van der Waals surface area contributed by atoms with Crippen molar-refractivity contribution in [3.05, 3.63) is 53.2 Å². The molecule has 0 unspecified atom stereocenters. The molecule has 4 nitrogen and oxygen atoms in total. The van der Waals surface area contributed by atoms with Crippen LogP contribution < -0.4 is 5.32 Å². The summed E-state index contributed by atoms with van der Waals surface area (Å²) in [5.41, 5.74) is 2.04. The Kier molecular flexibility index (Phi) is 6.10. The largest absolute Gasteiger partial charge is 0.352 e. The number of pyridine rings is 1. The lowest BCUT2D eigenvalue weighted by molar-refractivity contribution is 0.0954. The molecule has 1 aromatic carbocycles. The molecule has 2 aromatic rings. The Morgan fingerprint density at radius 3 is 2.82 bits per heavy atom. The third-order valence-electron chi connectivity index (χ3n) is 3.07. The maximum Gasteiger partial charge on any atom is 0.252 e. The van der Waals surface area contributed by atoms with E-state index in [0.29, 0.717) is 29.3 Å². The molecule has 22 heavy (non-hydrogen) atoms. The molecule has 6 heteroatoms. The molecule has 1 amide bonds. The maximum atomic E-state index is 12.2. The summed E-state index contributed by atoms with van der Waals surface area (Å²) >= 11 is 6.11. The molecule has 2 rings (SSSR count). The van der Waals surface area contributed by atoms with Gasteiger partial charge in [0.05, 0.1) is 16.3 Å². The molecule has 0 aliphatic rings. The van der Waals surface area contributed by atoms with Crippen LogP contribution in [0, 0.1) is 0 Å². The molecule has 0 saturated heterocycles. The zero-order valence-electron chi connectivity index (χ0n) is 12.2. The topological polar surface area (TPSA) is 59.1 Å². The van der Waals surface area contributed by atoms with Crippen molar-refractivity contribution in [1.82, 2.24) is 10.3 Å². The number of aromatic nitrogens is 1. The molecule has 1 aromatic heterocycles. The van der Waals surface area contributed by atoms with Crippen molar-refractivity contribution in [3.63, 3.8) is 0 Å². The van der Waals surface area contributed by atoms with Crippen LogP contribution in [0.4, 0.5) is 0 Å². The summed E-state index contributed by atoms with van der Waals surface area (Å²) < 4.78 is 11.0. The highest BCUT2D eigenvalue weighted by Crippen LogP contribution is 2.23. The molecule has 116 valence electrons. The van der Waals surface area contributed by atoms with Gasteiger partial charge in [0, 0.05) is 41.1 Å². The molecular formula is C16H17ClN2O2S. The van der Waals surface area contributed by atoms with Gasteiger partial charge in [-0.25, -0.2) is 0 Å². The van der Waals surface area contributed by atoms with Crippen molar-refractivity contribution in [3.8, 4) is 11.3 Å². The average Bonchev–Trinajstić information content (AvgIpc) is 2.52. The predicted molar refractivity (Wildman–Crippen MR) is 90.6 cm³/mol. The van der Waals surface area contributed by atoms with Crippen LogP contribution in [-0.4, -0.2) is 33.7 Å². The monoisotopic (exact) mass is 336 g/mol. The quantitative estimate of drug-likeness (QED) is 0.825. The molecule has 0 spiro atoms. The first-order valence-corrected chi connectivity index (χ1v) is 8.97.